The standard InChI is InChI=1S/C17H22F4N2O.2C2H6/c1-16(2,18)12-7-11(8-13(9-12)17(19,20)21)10-22-15(24)14-5-4-6-23(14)3;2*1-2/h7-9,14H,4-6,10H2,1-3H3,(H,22,24);2*1-2H3. The van der Waals surface area contributed by atoms with Gasteiger partial charge in [0.05, 0.1) is 11.6 Å². The van der Waals surface area contributed by atoms with Crippen molar-refractivity contribution in [1.82, 2.24) is 10.2 Å². The Kier molecular flexibility index (Phi) is 10.7. The Labute approximate surface area is 166 Å². The van der Waals surface area contributed by atoms with Crippen LogP contribution in [0, 0.1) is 0 Å². The van der Waals surface area contributed by atoms with Gasteiger partial charge in [0.25, 0.3) is 0 Å². The van der Waals surface area contributed by atoms with Gasteiger partial charge in [0.1, 0.15) is 5.67 Å². The number of nitrogens with zero attached hydrogens (tertiary/aromatic N) is 1. The fourth-order valence-electron chi connectivity index (χ4n) is 2.85. The molecule has 1 aromatic rings. The third-order valence-corrected chi connectivity index (χ3v) is 4.30. The fraction of sp³-hybridized carbons (Fsp3) is 0.667. The number of likely N-dealkylation sites (N-methyl/N-ethyl adjacent to an activating group) is 1. The molecule has 7 heteroatoms. The number of alkyl halides is 4. The van der Waals surface area contributed by atoms with Crippen LogP contribution in [-0.4, -0.2) is 30.4 Å². The molecule has 3 nitrogen and oxygen atoms in total. The monoisotopic (exact) mass is 406 g/mol. The molecule has 1 atom stereocenters. The van der Waals surface area contributed by atoms with E-state index in [1.807, 2.05) is 39.6 Å². The molecule has 1 amide bonds. The van der Waals surface area contributed by atoms with E-state index in [1.165, 1.54) is 19.9 Å². The van der Waals surface area contributed by atoms with Crippen molar-refractivity contribution in [3.8, 4) is 0 Å². The van der Waals surface area contributed by atoms with Gasteiger partial charge in [0.15, 0.2) is 0 Å². The molecule has 1 saturated heterocycles. The number of carbonyl (C=O) groups excluding carboxylic acids is 1. The number of benzene rings is 1. The zero-order valence-corrected chi connectivity index (χ0v) is 18.0. The van der Waals surface area contributed by atoms with Crippen LogP contribution in [0.5, 0.6) is 0 Å². The van der Waals surface area contributed by atoms with Crippen LogP contribution >= 0.6 is 0 Å². The summed E-state index contributed by atoms with van der Waals surface area (Å²) in [5, 5.41) is 2.66. The van der Waals surface area contributed by atoms with E-state index in [2.05, 4.69) is 5.32 Å². The maximum absolute atomic E-state index is 14.1. The molecule has 1 aliphatic rings. The third kappa shape index (κ3) is 7.78. The molecular formula is C21H34F4N2O. The van der Waals surface area contributed by atoms with E-state index in [-0.39, 0.29) is 29.6 Å². The predicted octanol–water partition coefficient (Wildman–Crippen LogP) is 5.67. The maximum atomic E-state index is 14.1. The smallest absolute Gasteiger partial charge is 0.351 e. The zero-order valence-electron chi connectivity index (χ0n) is 18.0. The summed E-state index contributed by atoms with van der Waals surface area (Å²) in [6.07, 6.45) is -2.92. The molecule has 1 heterocycles. The normalized spacial score (nSPS) is 17.2. The maximum Gasteiger partial charge on any atom is 0.416 e. The lowest BCUT2D eigenvalue weighted by atomic mass is 9.95. The van der Waals surface area contributed by atoms with Crippen LogP contribution in [-0.2, 0) is 23.2 Å². The van der Waals surface area contributed by atoms with Crippen LogP contribution in [0.1, 0.15) is 71.1 Å². The highest BCUT2D eigenvalue weighted by Gasteiger charge is 2.33. The highest BCUT2D eigenvalue weighted by Crippen LogP contribution is 2.34. The first-order valence-corrected chi connectivity index (χ1v) is 9.87. The van der Waals surface area contributed by atoms with Gasteiger partial charge in [-0.3, -0.25) is 9.69 Å². The molecule has 2 rings (SSSR count). The van der Waals surface area contributed by atoms with Gasteiger partial charge in [0, 0.05) is 6.54 Å². The Bertz CT molecular complexity index is 577. The first-order chi connectivity index (χ1) is 13.0. The summed E-state index contributed by atoms with van der Waals surface area (Å²) in [7, 11) is 1.84. The molecule has 0 bridgehead atoms. The van der Waals surface area contributed by atoms with Crippen molar-refractivity contribution in [1.29, 1.82) is 0 Å². The molecule has 0 spiro atoms. The topological polar surface area (TPSA) is 32.3 Å². The SMILES string of the molecule is CC.CC.CN1CCCC1C(=O)NCc1cc(C(C)(C)F)cc(C(F)(F)F)c1. The number of amides is 1. The van der Waals surface area contributed by atoms with Gasteiger partial charge in [-0.15, -0.1) is 0 Å². The largest absolute Gasteiger partial charge is 0.416 e. The first kappa shape index (κ1) is 26.4. The average Bonchev–Trinajstić information content (AvgIpc) is 3.07. The molecule has 0 aromatic heterocycles. The first-order valence-electron chi connectivity index (χ1n) is 9.87. The third-order valence-electron chi connectivity index (χ3n) is 4.30. The van der Waals surface area contributed by atoms with Crippen LogP contribution in [0.4, 0.5) is 17.6 Å². The van der Waals surface area contributed by atoms with Crippen molar-refractivity contribution in [2.75, 3.05) is 13.6 Å². The zero-order chi connectivity index (χ0) is 22.1. The van der Waals surface area contributed by atoms with E-state index in [0.717, 1.165) is 31.5 Å². The van der Waals surface area contributed by atoms with Gasteiger partial charge in [0.2, 0.25) is 5.91 Å². The highest BCUT2D eigenvalue weighted by atomic mass is 19.4. The molecule has 28 heavy (non-hydrogen) atoms. The molecule has 0 aliphatic carbocycles. The highest BCUT2D eigenvalue weighted by molar-refractivity contribution is 5.82. The summed E-state index contributed by atoms with van der Waals surface area (Å²) < 4.78 is 53.1. The molecule has 1 fully saturated rings. The molecule has 1 aromatic carbocycles. The van der Waals surface area contributed by atoms with Crippen molar-refractivity contribution in [2.45, 2.75) is 78.8 Å². The van der Waals surface area contributed by atoms with Crippen molar-refractivity contribution < 1.29 is 22.4 Å². The second-order valence-electron chi connectivity index (χ2n) is 6.75. The summed E-state index contributed by atoms with van der Waals surface area (Å²) in [5.41, 5.74) is -2.63. The minimum absolute atomic E-state index is 0.0560. The molecular weight excluding hydrogens is 372 g/mol. The minimum atomic E-state index is -4.56. The molecule has 162 valence electrons. The number of halogens is 4. The molecule has 1 unspecified atom stereocenters. The Hall–Kier alpha value is -1.63. The van der Waals surface area contributed by atoms with Gasteiger partial charge >= 0.3 is 6.18 Å². The Morgan fingerprint density at radius 1 is 1.07 bits per heavy atom. The Morgan fingerprint density at radius 3 is 2.04 bits per heavy atom. The van der Waals surface area contributed by atoms with Crippen molar-refractivity contribution in [3.63, 3.8) is 0 Å². The molecule has 1 N–H and O–H groups in total. The summed E-state index contributed by atoms with van der Waals surface area (Å²) >= 11 is 0. The van der Waals surface area contributed by atoms with E-state index in [9.17, 15) is 22.4 Å². The van der Waals surface area contributed by atoms with E-state index < -0.39 is 17.4 Å². The lowest BCUT2D eigenvalue weighted by Crippen LogP contribution is -2.41. The van der Waals surface area contributed by atoms with E-state index >= 15 is 0 Å². The number of nitrogens with one attached hydrogen (secondary N) is 1. The van der Waals surface area contributed by atoms with Crippen molar-refractivity contribution in [3.05, 3.63) is 34.9 Å². The second-order valence-corrected chi connectivity index (χ2v) is 6.75. The summed E-state index contributed by atoms with van der Waals surface area (Å²) in [6, 6.07) is 2.88. The minimum Gasteiger partial charge on any atom is -0.351 e. The second kappa shape index (κ2) is 11.4. The summed E-state index contributed by atoms with van der Waals surface area (Å²) in [4.78, 5) is 14.1. The van der Waals surface area contributed by atoms with Crippen LogP contribution in [0.3, 0.4) is 0 Å². The van der Waals surface area contributed by atoms with Gasteiger partial charge in [-0.1, -0.05) is 33.8 Å². The van der Waals surface area contributed by atoms with Crippen molar-refractivity contribution >= 4 is 5.91 Å². The van der Waals surface area contributed by atoms with Gasteiger partial charge < -0.3 is 5.32 Å². The number of likely N-dealkylation sites (tertiary alicyclic amines) is 1. The average molecular weight is 407 g/mol. The van der Waals surface area contributed by atoms with Crippen LogP contribution in [0.15, 0.2) is 18.2 Å². The van der Waals surface area contributed by atoms with E-state index in [1.54, 1.807) is 0 Å². The molecule has 0 radical (unpaired) electrons. The number of hydrogen-bond acceptors (Lipinski definition) is 2. The number of hydrogen-bond donors (Lipinski definition) is 1. The van der Waals surface area contributed by atoms with Gasteiger partial charge in [-0.2, -0.15) is 13.2 Å². The number of carbonyl (C=O) groups is 1. The quantitative estimate of drug-likeness (QED) is 0.653. The lowest BCUT2D eigenvalue weighted by molar-refractivity contribution is -0.137. The van der Waals surface area contributed by atoms with Gasteiger partial charge in [-0.25, -0.2) is 4.39 Å². The molecule has 0 saturated carbocycles. The van der Waals surface area contributed by atoms with E-state index in [4.69, 9.17) is 0 Å². The van der Waals surface area contributed by atoms with Crippen molar-refractivity contribution in [2.24, 2.45) is 0 Å². The predicted molar refractivity (Wildman–Crippen MR) is 106 cm³/mol. The summed E-state index contributed by atoms with van der Waals surface area (Å²) in [5.74, 6) is -0.214. The summed E-state index contributed by atoms with van der Waals surface area (Å²) in [6.45, 7) is 11.2. The number of rotatable bonds is 4. The fourth-order valence-corrected chi connectivity index (χ4v) is 2.85. The van der Waals surface area contributed by atoms with Gasteiger partial charge in [-0.05, 0) is 63.5 Å². The lowest BCUT2D eigenvalue weighted by Gasteiger charge is -2.21. The van der Waals surface area contributed by atoms with E-state index in [0.29, 0.717) is 0 Å². The van der Waals surface area contributed by atoms with Crippen LogP contribution in [0.2, 0.25) is 0 Å². The van der Waals surface area contributed by atoms with Crippen LogP contribution < -0.4 is 5.32 Å². The molecule has 1 aliphatic heterocycles. The Balaban J connectivity index is 0.00000171. The van der Waals surface area contributed by atoms with Crippen LogP contribution in [0.25, 0.3) is 0 Å². The Morgan fingerprint density at radius 2 is 1.61 bits per heavy atom.